The van der Waals surface area contributed by atoms with E-state index in [1.165, 1.54) is 5.39 Å². The van der Waals surface area contributed by atoms with Gasteiger partial charge in [0.1, 0.15) is 5.75 Å². The van der Waals surface area contributed by atoms with E-state index in [9.17, 15) is 0 Å². The molecule has 0 radical (unpaired) electrons. The Balaban J connectivity index is 1.87. The number of hydrogen-bond acceptors (Lipinski definition) is 1. The zero-order valence-electron chi connectivity index (χ0n) is 13.9. The van der Waals surface area contributed by atoms with Crippen LogP contribution in [0.1, 0.15) is 11.3 Å². The standard InChI is InChI=1S/C23H17NO/c1-25-22-12-7-8-18(16-22)14-15-21-17-19-9-5-6-13-23(19)24(21)20-10-3-2-4-11-20/h2-13,16-17H,1H3. The summed E-state index contributed by atoms with van der Waals surface area (Å²) in [6.45, 7) is 0. The van der Waals surface area contributed by atoms with Gasteiger partial charge < -0.3 is 9.30 Å². The largest absolute Gasteiger partial charge is 0.497 e. The molecule has 120 valence electrons. The molecule has 0 unspecified atom stereocenters. The predicted molar refractivity (Wildman–Crippen MR) is 102 cm³/mol. The zero-order chi connectivity index (χ0) is 17.1. The molecule has 1 heterocycles. The molecule has 3 aromatic carbocycles. The van der Waals surface area contributed by atoms with Crippen LogP contribution in [0.15, 0.2) is 84.9 Å². The van der Waals surface area contributed by atoms with Gasteiger partial charge in [0.05, 0.1) is 18.3 Å². The summed E-state index contributed by atoms with van der Waals surface area (Å²) >= 11 is 0. The van der Waals surface area contributed by atoms with E-state index >= 15 is 0 Å². The number of fused-ring (bicyclic) bond motifs is 1. The summed E-state index contributed by atoms with van der Waals surface area (Å²) in [7, 11) is 1.67. The zero-order valence-corrected chi connectivity index (χ0v) is 13.9. The lowest BCUT2D eigenvalue weighted by Gasteiger charge is -2.07. The van der Waals surface area contributed by atoms with Crippen molar-refractivity contribution >= 4 is 10.9 Å². The Hall–Kier alpha value is -3.44. The van der Waals surface area contributed by atoms with Crippen LogP contribution in [0.25, 0.3) is 16.6 Å². The molecule has 0 aliphatic heterocycles. The monoisotopic (exact) mass is 323 g/mol. The normalized spacial score (nSPS) is 10.3. The maximum Gasteiger partial charge on any atom is 0.120 e. The lowest BCUT2D eigenvalue weighted by atomic mass is 10.2. The fourth-order valence-corrected chi connectivity index (χ4v) is 2.94. The maximum absolute atomic E-state index is 5.27. The minimum atomic E-state index is 0.815. The molecule has 0 saturated carbocycles. The molecule has 0 aliphatic rings. The topological polar surface area (TPSA) is 14.2 Å². The van der Waals surface area contributed by atoms with Crippen LogP contribution in [0.2, 0.25) is 0 Å². The molecule has 4 aromatic rings. The first-order valence-corrected chi connectivity index (χ1v) is 8.17. The molecule has 0 bridgehead atoms. The van der Waals surface area contributed by atoms with E-state index in [1.54, 1.807) is 7.11 Å². The molecule has 0 amide bonds. The molecular weight excluding hydrogens is 306 g/mol. The van der Waals surface area contributed by atoms with Crippen LogP contribution >= 0.6 is 0 Å². The van der Waals surface area contributed by atoms with E-state index < -0.39 is 0 Å². The van der Waals surface area contributed by atoms with E-state index in [0.717, 1.165) is 28.2 Å². The number of benzene rings is 3. The van der Waals surface area contributed by atoms with E-state index in [1.807, 2.05) is 42.5 Å². The molecule has 0 spiro atoms. The molecule has 0 aliphatic carbocycles. The van der Waals surface area contributed by atoms with Crippen LogP contribution in [0.5, 0.6) is 5.75 Å². The van der Waals surface area contributed by atoms with Gasteiger partial charge in [-0.1, -0.05) is 48.4 Å². The van der Waals surface area contributed by atoms with Crippen LogP contribution in [0.4, 0.5) is 0 Å². The molecule has 4 rings (SSSR count). The van der Waals surface area contributed by atoms with E-state index in [4.69, 9.17) is 4.74 Å². The highest BCUT2D eigenvalue weighted by atomic mass is 16.5. The lowest BCUT2D eigenvalue weighted by Crippen LogP contribution is -1.96. The Bertz CT molecular complexity index is 1080. The molecule has 0 atom stereocenters. The Morgan fingerprint density at radius 1 is 0.760 bits per heavy atom. The number of hydrogen-bond donors (Lipinski definition) is 0. The highest BCUT2D eigenvalue weighted by Gasteiger charge is 2.08. The SMILES string of the molecule is COc1cccc(C#Cc2cc3ccccc3n2-c2ccccc2)c1. The van der Waals surface area contributed by atoms with Crippen molar-refractivity contribution in [2.75, 3.05) is 7.11 Å². The minimum Gasteiger partial charge on any atom is -0.497 e. The summed E-state index contributed by atoms with van der Waals surface area (Å²) in [4.78, 5) is 0. The van der Waals surface area contributed by atoms with Gasteiger partial charge in [-0.2, -0.15) is 0 Å². The molecule has 0 saturated heterocycles. The van der Waals surface area contributed by atoms with E-state index in [2.05, 4.69) is 58.9 Å². The summed E-state index contributed by atoms with van der Waals surface area (Å²) in [6, 6.07) is 28.6. The highest BCUT2D eigenvalue weighted by Crippen LogP contribution is 2.24. The summed E-state index contributed by atoms with van der Waals surface area (Å²) < 4.78 is 7.47. The molecule has 0 fully saturated rings. The second-order valence-corrected chi connectivity index (χ2v) is 5.74. The predicted octanol–water partition coefficient (Wildman–Crippen LogP) is 5.04. The number of aromatic nitrogens is 1. The minimum absolute atomic E-state index is 0.815. The fraction of sp³-hybridized carbons (Fsp3) is 0.0435. The van der Waals surface area contributed by atoms with Crippen LogP contribution in [0, 0.1) is 11.8 Å². The van der Waals surface area contributed by atoms with Gasteiger partial charge in [-0.3, -0.25) is 0 Å². The Kier molecular flexibility index (Phi) is 3.98. The van der Waals surface area contributed by atoms with Gasteiger partial charge in [-0.15, -0.1) is 0 Å². The number of rotatable bonds is 2. The van der Waals surface area contributed by atoms with Crippen molar-refractivity contribution in [2.24, 2.45) is 0 Å². The first-order valence-electron chi connectivity index (χ1n) is 8.17. The van der Waals surface area contributed by atoms with Crippen LogP contribution in [-0.2, 0) is 0 Å². The molecule has 1 aromatic heterocycles. The third-order valence-electron chi connectivity index (χ3n) is 4.13. The first-order chi connectivity index (χ1) is 12.3. The molecule has 25 heavy (non-hydrogen) atoms. The van der Waals surface area contributed by atoms with Crippen molar-refractivity contribution in [3.05, 3.63) is 96.2 Å². The number of ether oxygens (including phenoxy) is 1. The molecular formula is C23H17NO. The van der Waals surface area contributed by atoms with Gasteiger partial charge in [0.15, 0.2) is 0 Å². The third-order valence-corrected chi connectivity index (χ3v) is 4.13. The smallest absolute Gasteiger partial charge is 0.120 e. The quantitative estimate of drug-likeness (QED) is 0.471. The van der Waals surface area contributed by atoms with Crippen molar-refractivity contribution in [2.45, 2.75) is 0 Å². The summed E-state index contributed by atoms with van der Waals surface area (Å²) in [5, 5.41) is 1.18. The van der Waals surface area contributed by atoms with Gasteiger partial charge in [0, 0.05) is 16.6 Å². The average Bonchev–Trinajstić information content (AvgIpc) is 3.05. The van der Waals surface area contributed by atoms with Crippen molar-refractivity contribution in [3.8, 4) is 23.3 Å². The first kappa shape index (κ1) is 15.1. The van der Waals surface area contributed by atoms with Crippen molar-refractivity contribution in [3.63, 3.8) is 0 Å². The van der Waals surface area contributed by atoms with Crippen molar-refractivity contribution in [1.29, 1.82) is 0 Å². The Morgan fingerprint density at radius 2 is 1.56 bits per heavy atom. The number of nitrogens with zero attached hydrogens (tertiary/aromatic N) is 1. The second kappa shape index (κ2) is 6.59. The highest BCUT2D eigenvalue weighted by molar-refractivity contribution is 5.84. The second-order valence-electron chi connectivity index (χ2n) is 5.74. The number of methoxy groups -OCH3 is 1. The van der Waals surface area contributed by atoms with Crippen LogP contribution in [0.3, 0.4) is 0 Å². The molecule has 0 N–H and O–H groups in total. The van der Waals surface area contributed by atoms with Crippen LogP contribution in [-0.4, -0.2) is 11.7 Å². The third kappa shape index (κ3) is 3.00. The van der Waals surface area contributed by atoms with Gasteiger partial charge in [-0.05, 0) is 48.4 Å². The maximum atomic E-state index is 5.27. The van der Waals surface area contributed by atoms with Gasteiger partial charge in [0.2, 0.25) is 0 Å². The Morgan fingerprint density at radius 3 is 2.40 bits per heavy atom. The summed E-state index contributed by atoms with van der Waals surface area (Å²) in [6.07, 6.45) is 0. The Labute approximate surface area is 147 Å². The van der Waals surface area contributed by atoms with Gasteiger partial charge >= 0.3 is 0 Å². The van der Waals surface area contributed by atoms with Crippen LogP contribution < -0.4 is 4.74 Å². The van der Waals surface area contributed by atoms with E-state index in [0.29, 0.717) is 0 Å². The fourth-order valence-electron chi connectivity index (χ4n) is 2.94. The number of para-hydroxylation sites is 2. The summed E-state index contributed by atoms with van der Waals surface area (Å²) in [5.41, 5.74) is 4.17. The van der Waals surface area contributed by atoms with Crippen molar-refractivity contribution < 1.29 is 4.74 Å². The van der Waals surface area contributed by atoms with E-state index in [-0.39, 0.29) is 0 Å². The summed E-state index contributed by atoms with van der Waals surface area (Å²) in [5.74, 6) is 7.40. The molecule has 2 nitrogen and oxygen atoms in total. The molecule has 2 heteroatoms. The average molecular weight is 323 g/mol. The van der Waals surface area contributed by atoms with Gasteiger partial charge in [0.25, 0.3) is 0 Å². The van der Waals surface area contributed by atoms with Gasteiger partial charge in [-0.25, -0.2) is 0 Å². The lowest BCUT2D eigenvalue weighted by molar-refractivity contribution is 0.414. The van der Waals surface area contributed by atoms with Crippen molar-refractivity contribution in [1.82, 2.24) is 4.57 Å².